The maximum atomic E-state index is 5.52. The lowest BCUT2D eigenvalue weighted by Gasteiger charge is -2.06. The summed E-state index contributed by atoms with van der Waals surface area (Å²) in [6.45, 7) is 0. The predicted octanol–water partition coefficient (Wildman–Crippen LogP) is 3.40. The Hall–Kier alpha value is -1.62. The number of aromatic nitrogens is 1. The van der Waals surface area contributed by atoms with E-state index in [0.717, 1.165) is 40.1 Å². The molecule has 0 amide bonds. The first kappa shape index (κ1) is 10.5. The van der Waals surface area contributed by atoms with Crippen LogP contribution in [-0.2, 0) is 4.74 Å². The topological polar surface area (TPSA) is 47.6 Å². The number of allylic oxidation sites excluding steroid dienone is 4. The minimum Gasteiger partial charge on any atom is -0.468 e. The van der Waals surface area contributed by atoms with Crippen LogP contribution in [0.5, 0.6) is 0 Å². The van der Waals surface area contributed by atoms with Crippen LogP contribution in [0, 0.1) is 0 Å². The van der Waals surface area contributed by atoms with E-state index >= 15 is 0 Å². The first-order chi connectivity index (χ1) is 8.33. The van der Waals surface area contributed by atoms with Crippen molar-refractivity contribution < 1.29 is 9.26 Å². The Kier molecular flexibility index (Phi) is 2.68. The minimum absolute atomic E-state index is 0.828. The molecule has 2 bridgehead atoms. The Morgan fingerprint density at radius 3 is 3.00 bits per heavy atom. The summed E-state index contributed by atoms with van der Waals surface area (Å²) < 4.78 is 11.2. The van der Waals surface area contributed by atoms with Gasteiger partial charge in [-0.3, -0.25) is 4.99 Å². The summed E-state index contributed by atoms with van der Waals surface area (Å²) in [7, 11) is 0. The second-order valence-corrected chi connectivity index (χ2v) is 4.59. The number of halogens is 1. The van der Waals surface area contributed by atoms with E-state index in [0.29, 0.717) is 0 Å². The zero-order valence-corrected chi connectivity index (χ0v) is 10.5. The molecule has 0 saturated carbocycles. The first-order valence-corrected chi connectivity index (χ1v) is 6.03. The van der Waals surface area contributed by atoms with Crippen molar-refractivity contribution in [1.29, 1.82) is 0 Å². The molecule has 1 aromatic rings. The van der Waals surface area contributed by atoms with Crippen molar-refractivity contribution in [3.63, 3.8) is 0 Å². The zero-order valence-electron chi connectivity index (χ0n) is 8.89. The van der Waals surface area contributed by atoms with Crippen LogP contribution < -0.4 is 0 Å². The second kappa shape index (κ2) is 4.33. The maximum Gasteiger partial charge on any atom is 0.133 e. The Labute approximate surface area is 106 Å². The molecule has 0 unspecified atom stereocenters. The normalized spacial score (nSPS) is 19.1. The number of rotatable bonds is 1. The van der Waals surface area contributed by atoms with Gasteiger partial charge in [0.2, 0.25) is 0 Å². The number of fused-ring (bicyclic) bond motifs is 3. The van der Waals surface area contributed by atoms with Crippen molar-refractivity contribution in [2.75, 3.05) is 0 Å². The lowest BCUT2D eigenvalue weighted by molar-refractivity contribution is 0.339. The van der Waals surface area contributed by atoms with Gasteiger partial charge in [0.1, 0.15) is 18.3 Å². The van der Waals surface area contributed by atoms with E-state index in [1.165, 1.54) is 0 Å². The molecule has 0 saturated heterocycles. The highest BCUT2D eigenvalue weighted by Gasteiger charge is 2.15. The van der Waals surface area contributed by atoms with E-state index in [-0.39, 0.29) is 0 Å². The average Bonchev–Trinajstić information content (AvgIpc) is 2.77. The Morgan fingerprint density at radius 1 is 1.24 bits per heavy atom. The highest BCUT2D eigenvalue weighted by atomic mass is 79.9. The highest BCUT2D eigenvalue weighted by Crippen LogP contribution is 2.27. The Balaban J connectivity index is 2.12. The molecule has 0 radical (unpaired) electrons. The summed E-state index contributed by atoms with van der Waals surface area (Å²) in [5.74, 6) is 0.931. The largest absolute Gasteiger partial charge is 0.468 e. The van der Waals surface area contributed by atoms with E-state index < -0.39 is 0 Å². The van der Waals surface area contributed by atoms with Crippen LogP contribution in [0.25, 0.3) is 5.70 Å². The number of aliphatic imine (C=N–C) groups is 1. The van der Waals surface area contributed by atoms with Gasteiger partial charge < -0.3 is 9.26 Å². The maximum absolute atomic E-state index is 5.52. The van der Waals surface area contributed by atoms with Crippen LogP contribution in [-0.4, -0.2) is 10.9 Å². The number of nitrogens with zero attached hydrogens (tertiary/aromatic N) is 2. The van der Waals surface area contributed by atoms with Crippen molar-refractivity contribution in [1.82, 2.24) is 5.16 Å². The smallest absolute Gasteiger partial charge is 0.133 e. The molecule has 0 fully saturated rings. The molecule has 3 rings (SSSR count). The number of hydrogen-bond donors (Lipinski definition) is 0. The van der Waals surface area contributed by atoms with Crippen LogP contribution in [0.4, 0.5) is 0 Å². The van der Waals surface area contributed by atoms with Gasteiger partial charge in [-0.25, -0.2) is 0 Å². The third kappa shape index (κ3) is 2.10. The predicted molar refractivity (Wildman–Crippen MR) is 67.3 cm³/mol. The third-order valence-electron chi connectivity index (χ3n) is 2.61. The summed E-state index contributed by atoms with van der Waals surface area (Å²) in [6.07, 6.45) is 10.5. The summed E-state index contributed by atoms with van der Waals surface area (Å²) in [5.41, 5.74) is 2.66. The molecule has 86 valence electrons. The van der Waals surface area contributed by atoms with E-state index in [2.05, 4.69) is 26.1 Å². The quantitative estimate of drug-likeness (QED) is 0.797. The van der Waals surface area contributed by atoms with Crippen molar-refractivity contribution in [3.05, 3.63) is 46.7 Å². The molecule has 0 spiro atoms. The van der Waals surface area contributed by atoms with Gasteiger partial charge in [-0.05, 0) is 34.5 Å². The molecule has 0 aromatic carbocycles. The minimum atomic E-state index is 0.828. The fraction of sp³-hybridized carbons (Fsp3) is 0.167. The molecule has 5 heteroatoms. The van der Waals surface area contributed by atoms with E-state index in [4.69, 9.17) is 9.26 Å². The molecule has 0 N–H and O–H groups in total. The van der Waals surface area contributed by atoms with Gasteiger partial charge in [0.25, 0.3) is 0 Å². The molecule has 17 heavy (non-hydrogen) atoms. The van der Waals surface area contributed by atoms with E-state index in [1.807, 2.05) is 12.2 Å². The Bertz CT molecular complexity index is 553. The molecule has 4 nitrogen and oxygen atoms in total. The van der Waals surface area contributed by atoms with Crippen LogP contribution in [0.1, 0.15) is 18.4 Å². The summed E-state index contributed by atoms with van der Waals surface area (Å²) >= 11 is 3.46. The van der Waals surface area contributed by atoms with Crippen LogP contribution in [0.2, 0.25) is 0 Å². The lowest BCUT2D eigenvalue weighted by atomic mass is 10.1. The number of ether oxygens (including phenoxy) is 1. The van der Waals surface area contributed by atoms with Gasteiger partial charge in [-0.15, -0.1) is 0 Å². The fourth-order valence-corrected chi connectivity index (χ4v) is 2.07. The van der Waals surface area contributed by atoms with Gasteiger partial charge in [0.05, 0.1) is 27.7 Å². The van der Waals surface area contributed by atoms with E-state index in [9.17, 15) is 0 Å². The zero-order chi connectivity index (χ0) is 11.7. The molecule has 0 aliphatic carbocycles. The van der Waals surface area contributed by atoms with E-state index in [1.54, 1.807) is 18.7 Å². The van der Waals surface area contributed by atoms with Crippen LogP contribution in [0.15, 0.2) is 50.6 Å². The van der Waals surface area contributed by atoms with Gasteiger partial charge in [0, 0.05) is 6.42 Å². The molecular weight excluding hydrogens is 284 g/mol. The van der Waals surface area contributed by atoms with Gasteiger partial charge in [-0.2, -0.15) is 0 Å². The molecule has 0 atom stereocenters. The number of hydrogen-bond acceptors (Lipinski definition) is 4. The molecule has 2 aliphatic rings. The van der Waals surface area contributed by atoms with Gasteiger partial charge in [0.15, 0.2) is 0 Å². The SMILES string of the molecule is BrC1=COC2=CC=C(c3cnoc3)N=C1CC2. The summed E-state index contributed by atoms with van der Waals surface area (Å²) in [4.78, 5) is 4.61. The molecule has 1 aromatic heterocycles. The molecule has 2 aliphatic heterocycles. The average molecular weight is 293 g/mol. The molecule has 3 heterocycles. The second-order valence-electron chi connectivity index (χ2n) is 3.74. The van der Waals surface area contributed by atoms with Crippen LogP contribution >= 0.6 is 15.9 Å². The van der Waals surface area contributed by atoms with Gasteiger partial charge >= 0.3 is 0 Å². The van der Waals surface area contributed by atoms with Crippen molar-refractivity contribution in [2.24, 2.45) is 4.99 Å². The highest BCUT2D eigenvalue weighted by molar-refractivity contribution is 9.12. The fourth-order valence-electron chi connectivity index (χ4n) is 1.69. The Morgan fingerprint density at radius 2 is 2.18 bits per heavy atom. The van der Waals surface area contributed by atoms with Crippen molar-refractivity contribution >= 4 is 27.3 Å². The van der Waals surface area contributed by atoms with Crippen molar-refractivity contribution in [2.45, 2.75) is 12.8 Å². The third-order valence-corrected chi connectivity index (χ3v) is 3.25. The monoisotopic (exact) mass is 292 g/mol. The van der Waals surface area contributed by atoms with Crippen LogP contribution in [0.3, 0.4) is 0 Å². The summed E-state index contributed by atoms with van der Waals surface area (Å²) in [5, 5.41) is 3.69. The van der Waals surface area contributed by atoms with Crippen molar-refractivity contribution in [3.8, 4) is 0 Å². The standard InChI is InChI=1S/C12H9BrN2O2/c13-10-7-16-9-1-3-11(8-5-14-17-6-8)15-12(10)4-2-9/h1,3,5-7H,2,4H2. The lowest BCUT2D eigenvalue weighted by Crippen LogP contribution is -1.99. The summed E-state index contributed by atoms with van der Waals surface area (Å²) in [6, 6.07) is 0. The van der Waals surface area contributed by atoms with Gasteiger partial charge in [-0.1, -0.05) is 5.16 Å². The molecular formula is C12H9BrN2O2. The first-order valence-electron chi connectivity index (χ1n) is 5.24.